The lowest BCUT2D eigenvalue weighted by Crippen LogP contribution is -2.67. The summed E-state index contributed by atoms with van der Waals surface area (Å²) in [6.07, 6.45) is 9.99. The Labute approximate surface area is 217 Å². The van der Waals surface area contributed by atoms with Crippen LogP contribution in [-0.2, 0) is 14.3 Å². The van der Waals surface area contributed by atoms with Crippen molar-refractivity contribution in [3.63, 3.8) is 0 Å². The van der Waals surface area contributed by atoms with Crippen molar-refractivity contribution in [3.05, 3.63) is 11.6 Å². The molecule has 0 aromatic heterocycles. The Balaban J connectivity index is 1.65. The van der Waals surface area contributed by atoms with Gasteiger partial charge in [-0.05, 0) is 110 Å². The minimum atomic E-state index is -1.01. The van der Waals surface area contributed by atoms with E-state index < -0.39 is 5.41 Å². The zero-order valence-electron chi connectivity index (χ0n) is 23.7. The monoisotopic (exact) mass is 497 g/mol. The molecule has 5 aliphatic rings. The van der Waals surface area contributed by atoms with Gasteiger partial charge in [-0.1, -0.05) is 52.3 Å². The Morgan fingerprint density at radius 2 is 1.72 bits per heavy atom. The average Bonchev–Trinajstić information content (AvgIpc) is 2.82. The number of oxime groups is 1. The largest absolute Gasteiger partial charge is 0.468 e. The Bertz CT molecular complexity index is 1050. The van der Waals surface area contributed by atoms with Gasteiger partial charge in [-0.3, -0.25) is 9.59 Å². The summed E-state index contributed by atoms with van der Waals surface area (Å²) in [5.41, 5.74) is 0.659. The second kappa shape index (κ2) is 7.93. The number of nitrogens with zero attached hydrogens (tertiary/aromatic N) is 1. The van der Waals surface area contributed by atoms with E-state index in [1.54, 1.807) is 0 Å². The molecule has 36 heavy (non-hydrogen) atoms. The summed E-state index contributed by atoms with van der Waals surface area (Å²) in [6, 6.07) is 0. The van der Waals surface area contributed by atoms with E-state index in [1.807, 2.05) is 6.92 Å². The van der Waals surface area contributed by atoms with E-state index in [2.05, 4.69) is 52.8 Å². The molecule has 0 aromatic carbocycles. The summed E-state index contributed by atoms with van der Waals surface area (Å²) in [6.45, 7) is 16.3. The van der Waals surface area contributed by atoms with Crippen LogP contribution in [0.1, 0.15) is 99.8 Å². The van der Waals surface area contributed by atoms with Crippen molar-refractivity contribution in [2.24, 2.45) is 61.8 Å². The van der Waals surface area contributed by atoms with Crippen LogP contribution < -0.4 is 0 Å². The summed E-state index contributed by atoms with van der Waals surface area (Å²) in [5.74, 6) is 1.39. The molecule has 5 aliphatic carbocycles. The molecule has 5 nitrogen and oxygen atoms in total. The Morgan fingerprint density at radius 3 is 2.36 bits per heavy atom. The minimum Gasteiger partial charge on any atom is -0.468 e. The third kappa shape index (κ3) is 2.92. The van der Waals surface area contributed by atoms with Gasteiger partial charge in [-0.15, -0.1) is 0 Å². The van der Waals surface area contributed by atoms with Crippen molar-refractivity contribution in [2.75, 3.05) is 7.11 Å². The first kappa shape index (κ1) is 26.0. The van der Waals surface area contributed by atoms with Crippen LogP contribution in [0.15, 0.2) is 16.8 Å². The van der Waals surface area contributed by atoms with Crippen LogP contribution in [0, 0.1) is 56.7 Å². The van der Waals surface area contributed by atoms with Crippen LogP contribution in [0.25, 0.3) is 0 Å². The van der Waals surface area contributed by atoms with Gasteiger partial charge in [0.25, 0.3) is 0 Å². The van der Waals surface area contributed by atoms with Crippen molar-refractivity contribution >= 4 is 17.5 Å². The highest BCUT2D eigenvalue weighted by Crippen LogP contribution is 2.75. The topological polar surface area (TPSA) is 76.0 Å². The molecule has 0 bridgehead atoms. The number of hydrogen-bond acceptors (Lipinski definition) is 5. The molecule has 0 unspecified atom stereocenters. The van der Waals surface area contributed by atoms with E-state index in [4.69, 9.17) is 4.74 Å². The van der Waals surface area contributed by atoms with E-state index >= 15 is 0 Å². The molecule has 0 radical (unpaired) electrons. The average molecular weight is 498 g/mol. The highest BCUT2D eigenvalue weighted by atomic mass is 16.5. The fraction of sp³-hybridized carbons (Fsp3) is 0.839. The maximum Gasteiger partial charge on any atom is 0.317 e. The van der Waals surface area contributed by atoms with Crippen LogP contribution in [-0.4, -0.2) is 29.8 Å². The molecule has 10 atom stereocenters. The smallest absolute Gasteiger partial charge is 0.317 e. The molecule has 0 aromatic rings. The predicted molar refractivity (Wildman–Crippen MR) is 141 cm³/mol. The third-order valence-electron chi connectivity index (χ3n) is 13.3. The second-order valence-electron chi connectivity index (χ2n) is 14.5. The molecule has 4 saturated carbocycles. The number of methoxy groups -OCH3 is 1. The number of carbonyl (C=O) groups excluding carboxylic acids is 2. The number of ketones is 1. The lowest BCUT2D eigenvalue weighted by Gasteiger charge is -2.70. The van der Waals surface area contributed by atoms with E-state index in [0.29, 0.717) is 29.9 Å². The standard InChI is InChI=1S/C31H47NO4/c1-18-9-12-27(3)15-16-29(5)20(24(27)19(18)2)17-21(33)25-28(4)13-11-23(32-35)31(7,26(34)36-8)22(28)10-14-30(25,29)6/h17-19,22,24-25,35H,9-16H2,1-8H3/b32-23+/t18-,19+,22-,24+,25-,27-,28+,29-,30-,31-/m1/s1. The Morgan fingerprint density at radius 1 is 1.03 bits per heavy atom. The summed E-state index contributed by atoms with van der Waals surface area (Å²) < 4.78 is 5.28. The number of ether oxygens (including phenoxy) is 1. The first-order chi connectivity index (χ1) is 16.7. The highest BCUT2D eigenvalue weighted by molar-refractivity contribution is 6.07. The lowest BCUT2D eigenvalue weighted by molar-refractivity contribution is -0.185. The van der Waals surface area contributed by atoms with Crippen LogP contribution >= 0.6 is 0 Å². The maximum absolute atomic E-state index is 14.4. The Hall–Kier alpha value is -1.65. The van der Waals surface area contributed by atoms with Gasteiger partial charge in [0, 0.05) is 5.92 Å². The lowest BCUT2D eigenvalue weighted by atomic mass is 9.33. The maximum atomic E-state index is 14.4. The summed E-state index contributed by atoms with van der Waals surface area (Å²) in [4.78, 5) is 27.6. The molecule has 200 valence electrons. The quantitative estimate of drug-likeness (QED) is 0.245. The van der Waals surface area contributed by atoms with Crippen LogP contribution in [0.2, 0.25) is 0 Å². The number of allylic oxidation sites excluding steroid dienone is 2. The van der Waals surface area contributed by atoms with Crippen molar-refractivity contribution in [1.82, 2.24) is 0 Å². The van der Waals surface area contributed by atoms with Gasteiger partial charge in [0.05, 0.1) is 12.8 Å². The van der Waals surface area contributed by atoms with E-state index in [0.717, 1.165) is 25.7 Å². The number of rotatable bonds is 1. The van der Waals surface area contributed by atoms with Crippen molar-refractivity contribution in [3.8, 4) is 0 Å². The highest BCUT2D eigenvalue weighted by Gasteiger charge is 2.71. The normalized spacial score (nSPS) is 53.4. The molecule has 0 amide bonds. The van der Waals surface area contributed by atoms with Gasteiger partial charge in [0.15, 0.2) is 5.78 Å². The Kier molecular flexibility index (Phi) is 5.72. The van der Waals surface area contributed by atoms with Gasteiger partial charge >= 0.3 is 5.97 Å². The fourth-order valence-corrected chi connectivity index (χ4v) is 10.8. The molecule has 0 spiro atoms. The molecule has 5 rings (SSSR count). The summed E-state index contributed by atoms with van der Waals surface area (Å²) in [5, 5.41) is 13.5. The van der Waals surface area contributed by atoms with E-state index in [1.165, 1.54) is 31.9 Å². The van der Waals surface area contributed by atoms with Crippen LogP contribution in [0.4, 0.5) is 0 Å². The number of fused-ring (bicyclic) bond motifs is 7. The zero-order chi connectivity index (χ0) is 26.5. The van der Waals surface area contributed by atoms with E-state index in [-0.39, 0.29) is 45.2 Å². The molecule has 5 heteroatoms. The summed E-state index contributed by atoms with van der Waals surface area (Å²) >= 11 is 0. The number of carbonyl (C=O) groups is 2. The molecular formula is C31H47NO4. The molecule has 1 N–H and O–H groups in total. The number of esters is 1. The van der Waals surface area contributed by atoms with Gasteiger partial charge in [0.2, 0.25) is 0 Å². The van der Waals surface area contributed by atoms with Gasteiger partial charge in [-0.2, -0.15) is 0 Å². The molecular weight excluding hydrogens is 450 g/mol. The first-order valence-electron chi connectivity index (χ1n) is 14.3. The van der Waals surface area contributed by atoms with Crippen molar-refractivity contribution < 1.29 is 19.5 Å². The van der Waals surface area contributed by atoms with Crippen LogP contribution in [0.5, 0.6) is 0 Å². The van der Waals surface area contributed by atoms with E-state index in [9.17, 15) is 14.8 Å². The van der Waals surface area contributed by atoms with Gasteiger partial charge in [-0.25, -0.2) is 0 Å². The van der Waals surface area contributed by atoms with Gasteiger partial charge < -0.3 is 9.94 Å². The first-order valence-corrected chi connectivity index (χ1v) is 14.3. The predicted octanol–water partition coefficient (Wildman–Crippen LogP) is 6.83. The molecule has 0 aliphatic heterocycles. The van der Waals surface area contributed by atoms with Crippen molar-refractivity contribution in [1.29, 1.82) is 0 Å². The summed E-state index contributed by atoms with van der Waals surface area (Å²) in [7, 11) is 1.41. The van der Waals surface area contributed by atoms with Crippen LogP contribution in [0.3, 0.4) is 0 Å². The third-order valence-corrected chi connectivity index (χ3v) is 13.3. The number of hydrogen-bond donors (Lipinski definition) is 1. The van der Waals surface area contributed by atoms with Gasteiger partial charge in [0.1, 0.15) is 5.41 Å². The fourth-order valence-electron chi connectivity index (χ4n) is 10.8. The van der Waals surface area contributed by atoms with Crippen molar-refractivity contribution in [2.45, 2.75) is 99.8 Å². The SMILES string of the molecule is COC(=O)[C@@]1(C)/C(=N/O)CC[C@@]2(C)[C@H]1CC[C@]1(C)[C@@H]2C(=O)C=C2[C@@H]3[C@@H](C)[C@H](C)CC[C@]3(C)CC[C@]21C. The molecule has 0 heterocycles. The second-order valence-corrected chi connectivity index (χ2v) is 14.5. The molecule has 0 saturated heterocycles. The molecule has 4 fully saturated rings. The zero-order valence-corrected chi connectivity index (χ0v) is 23.7. The minimum absolute atomic E-state index is 0.0257.